The van der Waals surface area contributed by atoms with Gasteiger partial charge >= 0.3 is 0 Å². The van der Waals surface area contributed by atoms with Crippen molar-refractivity contribution in [3.05, 3.63) is 53.9 Å². The van der Waals surface area contributed by atoms with Crippen molar-refractivity contribution in [2.45, 2.75) is 31.3 Å². The molecule has 1 amide bonds. The average Bonchev–Trinajstić information content (AvgIpc) is 3.18. The summed E-state index contributed by atoms with van der Waals surface area (Å²) in [4.78, 5) is 21.6. The van der Waals surface area contributed by atoms with Gasteiger partial charge in [-0.05, 0) is 30.2 Å². The number of carbonyl (C=O) groups is 1. The van der Waals surface area contributed by atoms with E-state index in [1.807, 2.05) is 42.5 Å². The summed E-state index contributed by atoms with van der Waals surface area (Å²) in [6.07, 6.45) is 1.81. The van der Waals surface area contributed by atoms with Crippen molar-refractivity contribution in [3.63, 3.8) is 0 Å². The molecular weight excluding hydrogens is 374 g/mol. The van der Waals surface area contributed by atoms with Gasteiger partial charge in [0, 0.05) is 18.4 Å². The van der Waals surface area contributed by atoms with E-state index < -0.39 is 0 Å². The Morgan fingerprint density at radius 2 is 2.00 bits per heavy atom. The predicted molar refractivity (Wildman–Crippen MR) is 109 cm³/mol. The van der Waals surface area contributed by atoms with Gasteiger partial charge in [-0.15, -0.1) is 0 Å². The van der Waals surface area contributed by atoms with Crippen molar-refractivity contribution in [2.24, 2.45) is 0 Å². The summed E-state index contributed by atoms with van der Waals surface area (Å²) in [7, 11) is 0. The van der Waals surface area contributed by atoms with Crippen LogP contribution in [0.2, 0.25) is 0 Å². The van der Waals surface area contributed by atoms with E-state index in [0.717, 1.165) is 51.7 Å². The van der Waals surface area contributed by atoms with Crippen molar-refractivity contribution < 1.29 is 14.3 Å². The van der Waals surface area contributed by atoms with Crippen LogP contribution in [0, 0.1) is 0 Å². The highest BCUT2D eigenvalue weighted by Gasteiger charge is 2.14. The number of ether oxygens (including phenoxy) is 2. The van der Waals surface area contributed by atoms with Crippen LogP contribution in [-0.4, -0.2) is 28.4 Å². The lowest BCUT2D eigenvalue weighted by Gasteiger charge is -2.09. The van der Waals surface area contributed by atoms with E-state index in [-0.39, 0.29) is 12.7 Å². The van der Waals surface area contributed by atoms with Crippen LogP contribution in [0.25, 0.3) is 10.9 Å². The van der Waals surface area contributed by atoms with Gasteiger partial charge in [-0.1, -0.05) is 43.0 Å². The zero-order chi connectivity index (χ0) is 19.3. The number of para-hydroxylation sites is 1. The van der Waals surface area contributed by atoms with Crippen LogP contribution in [0.5, 0.6) is 11.5 Å². The lowest BCUT2D eigenvalue weighted by atomic mass is 10.2. The van der Waals surface area contributed by atoms with E-state index in [1.165, 1.54) is 11.8 Å². The molecule has 1 aliphatic heterocycles. The van der Waals surface area contributed by atoms with Crippen LogP contribution in [0.4, 0.5) is 0 Å². The Morgan fingerprint density at radius 1 is 1.14 bits per heavy atom. The van der Waals surface area contributed by atoms with Gasteiger partial charge in [0.2, 0.25) is 12.7 Å². The Hall–Kier alpha value is -2.80. The summed E-state index contributed by atoms with van der Waals surface area (Å²) < 4.78 is 10.7. The fraction of sp³-hybridized carbons (Fsp3) is 0.286. The number of amides is 1. The highest BCUT2D eigenvalue weighted by atomic mass is 32.2. The molecule has 28 heavy (non-hydrogen) atoms. The summed E-state index contributed by atoms with van der Waals surface area (Å²) >= 11 is 1.45. The van der Waals surface area contributed by atoms with Gasteiger partial charge in [-0.3, -0.25) is 4.79 Å². The third-order valence-corrected chi connectivity index (χ3v) is 5.35. The standard InChI is InChI=1S/C21H21N3O3S/c1-2-5-19-23-16-7-4-3-6-15(16)21(24-19)28-12-20(25)22-11-14-8-9-17-18(10-14)27-13-26-17/h3-4,6-10H,2,5,11-13H2,1H3,(H,22,25). The van der Waals surface area contributed by atoms with Crippen molar-refractivity contribution >= 4 is 28.6 Å². The first-order valence-electron chi connectivity index (χ1n) is 9.26. The zero-order valence-corrected chi connectivity index (χ0v) is 16.4. The number of rotatable bonds is 7. The second-order valence-corrected chi connectivity index (χ2v) is 7.43. The van der Waals surface area contributed by atoms with E-state index in [1.54, 1.807) is 0 Å². The summed E-state index contributed by atoms with van der Waals surface area (Å²) in [5, 5.41) is 4.78. The molecule has 0 aliphatic carbocycles. The van der Waals surface area contributed by atoms with Gasteiger partial charge < -0.3 is 14.8 Å². The molecule has 1 aromatic heterocycles. The zero-order valence-electron chi connectivity index (χ0n) is 15.6. The Kier molecular flexibility index (Phi) is 5.62. The first kappa shape index (κ1) is 18.6. The smallest absolute Gasteiger partial charge is 0.231 e. The molecule has 0 bridgehead atoms. The van der Waals surface area contributed by atoms with Gasteiger partial charge in [0.1, 0.15) is 10.9 Å². The fourth-order valence-electron chi connectivity index (χ4n) is 2.98. The maximum Gasteiger partial charge on any atom is 0.231 e. The van der Waals surface area contributed by atoms with Crippen molar-refractivity contribution in [3.8, 4) is 11.5 Å². The van der Waals surface area contributed by atoms with E-state index in [4.69, 9.17) is 9.47 Å². The Balaban J connectivity index is 1.39. The van der Waals surface area contributed by atoms with Crippen LogP contribution >= 0.6 is 11.8 Å². The second-order valence-electron chi connectivity index (χ2n) is 6.47. The molecule has 3 aromatic rings. The normalized spacial score (nSPS) is 12.3. The van der Waals surface area contributed by atoms with Crippen molar-refractivity contribution in [1.82, 2.24) is 15.3 Å². The number of nitrogens with one attached hydrogen (secondary N) is 1. The molecule has 1 aliphatic rings. The summed E-state index contributed by atoms with van der Waals surface area (Å²) in [5.74, 6) is 2.55. The first-order valence-corrected chi connectivity index (χ1v) is 10.2. The lowest BCUT2D eigenvalue weighted by Crippen LogP contribution is -2.24. The molecule has 0 saturated heterocycles. The van der Waals surface area contributed by atoms with E-state index in [9.17, 15) is 4.79 Å². The molecule has 7 heteroatoms. The van der Waals surface area contributed by atoms with Crippen molar-refractivity contribution in [2.75, 3.05) is 12.5 Å². The Labute approximate surface area is 167 Å². The summed E-state index contributed by atoms with van der Waals surface area (Å²) in [6, 6.07) is 13.6. The molecule has 0 fully saturated rings. The fourth-order valence-corrected chi connectivity index (χ4v) is 3.84. The summed E-state index contributed by atoms with van der Waals surface area (Å²) in [6.45, 7) is 2.80. The minimum Gasteiger partial charge on any atom is -0.454 e. The number of benzene rings is 2. The maximum atomic E-state index is 12.3. The van der Waals surface area contributed by atoms with E-state index in [2.05, 4.69) is 22.2 Å². The minimum atomic E-state index is -0.0394. The Bertz CT molecular complexity index is 1010. The molecule has 6 nitrogen and oxygen atoms in total. The number of nitrogens with zero attached hydrogens (tertiary/aromatic N) is 2. The molecule has 0 radical (unpaired) electrons. The van der Waals surface area contributed by atoms with Gasteiger partial charge in [0.15, 0.2) is 11.5 Å². The second kappa shape index (κ2) is 8.48. The number of aryl methyl sites for hydroxylation is 1. The number of hydrogen-bond acceptors (Lipinski definition) is 6. The average molecular weight is 395 g/mol. The lowest BCUT2D eigenvalue weighted by molar-refractivity contribution is -0.118. The third kappa shape index (κ3) is 4.20. The van der Waals surface area contributed by atoms with Crippen LogP contribution < -0.4 is 14.8 Å². The molecule has 0 unspecified atom stereocenters. The third-order valence-electron chi connectivity index (χ3n) is 4.35. The SMILES string of the molecule is CCCc1nc(SCC(=O)NCc2ccc3c(c2)OCO3)c2ccccc2n1. The van der Waals surface area contributed by atoms with E-state index >= 15 is 0 Å². The topological polar surface area (TPSA) is 73.3 Å². The Morgan fingerprint density at radius 3 is 2.89 bits per heavy atom. The van der Waals surface area contributed by atoms with Crippen LogP contribution in [0.3, 0.4) is 0 Å². The molecule has 0 spiro atoms. The largest absolute Gasteiger partial charge is 0.454 e. The van der Waals surface area contributed by atoms with E-state index in [0.29, 0.717) is 12.3 Å². The number of thioether (sulfide) groups is 1. The highest BCUT2D eigenvalue weighted by Crippen LogP contribution is 2.32. The molecule has 4 rings (SSSR count). The van der Waals surface area contributed by atoms with Gasteiger partial charge in [-0.25, -0.2) is 9.97 Å². The summed E-state index contributed by atoms with van der Waals surface area (Å²) in [5.41, 5.74) is 1.89. The molecule has 144 valence electrons. The highest BCUT2D eigenvalue weighted by molar-refractivity contribution is 8.00. The molecule has 0 atom stereocenters. The molecule has 2 aromatic carbocycles. The van der Waals surface area contributed by atoms with Gasteiger partial charge in [-0.2, -0.15) is 0 Å². The predicted octanol–water partition coefficient (Wildman–Crippen LogP) is 3.72. The maximum absolute atomic E-state index is 12.3. The van der Waals surface area contributed by atoms with Gasteiger partial charge in [0.05, 0.1) is 11.3 Å². The molecule has 2 heterocycles. The van der Waals surface area contributed by atoms with Gasteiger partial charge in [0.25, 0.3) is 0 Å². The quantitative estimate of drug-likeness (QED) is 0.486. The number of carbonyl (C=O) groups excluding carboxylic acids is 1. The number of fused-ring (bicyclic) bond motifs is 2. The molecule has 1 N–H and O–H groups in total. The number of aromatic nitrogens is 2. The van der Waals surface area contributed by atoms with Crippen molar-refractivity contribution in [1.29, 1.82) is 0 Å². The van der Waals surface area contributed by atoms with Crippen LogP contribution in [-0.2, 0) is 17.8 Å². The monoisotopic (exact) mass is 395 g/mol. The number of hydrogen-bond donors (Lipinski definition) is 1. The first-order chi connectivity index (χ1) is 13.7. The van der Waals surface area contributed by atoms with Crippen LogP contribution in [0.15, 0.2) is 47.5 Å². The molecular formula is C21H21N3O3S. The minimum absolute atomic E-state index is 0.0394. The molecule has 0 saturated carbocycles. The van der Waals surface area contributed by atoms with Crippen LogP contribution in [0.1, 0.15) is 24.7 Å².